The van der Waals surface area contributed by atoms with Crippen LogP contribution in [-0.2, 0) is 0 Å². The van der Waals surface area contributed by atoms with Gasteiger partial charge in [0, 0.05) is 16.6 Å². The van der Waals surface area contributed by atoms with Crippen LogP contribution in [0.1, 0.15) is 15.9 Å². The number of hydrogen-bond acceptors (Lipinski definition) is 2. The van der Waals surface area contributed by atoms with Crippen molar-refractivity contribution in [3.63, 3.8) is 0 Å². The number of carbonyl (C=O) groups excluding carboxylic acids is 1. The van der Waals surface area contributed by atoms with Crippen molar-refractivity contribution in [2.75, 3.05) is 5.32 Å². The number of amidine groups is 1. The Morgan fingerprint density at radius 2 is 1.62 bits per heavy atom. The summed E-state index contributed by atoms with van der Waals surface area (Å²) < 4.78 is 0. The van der Waals surface area contributed by atoms with E-state index in [1.807, 2.05) is 60.7 Å². The summed E-state index contributed by atoms with van der Waals surface area (Å²) in [5.41, 5.74) is 2.27. The molecule has 0 saturated carbocycles. The van der Waals surface area contributed by atoms with E-state index in [0.717, 1.165) is 22.0 Å². The van der Waals surface area contributed by atoms with Crippen LogP contribution in [0.25, 0.3) is 10.8 Å². The van der Waals surface area contributed by atoms with E-state index in [1.54, 1.807) is 6.07 Å². The fourth-order valence-corrected chi connectivity index (χ4v) is 3.00. The fraction of sp³-hybridized carbons (Fsp3) is 0. The number of thiocarbonyl (C=S) groups is 1. The molecule has 3 aromatic carbocycles. The molecule has 24 heavy (non-hydrogen) atoms. The molecule has 0 aliphatic carbocycles. The second-order valence-electron chi connectivity index (χ2n) is 5.42. The molecule has 1 heterocycles. The molecule has 2 N–H and O–H groups in total. The van der Waals surface area contributed by atoms with Crippen LogP contribution in [0.5, 0.6) is 0 Å². The smallest absolute Gasteiger partial charge is 0.257 e. The standard InChI is InChI=1S/C19H13N3OS/c23-18-15-10-4-3-9-14(15)17(21-18)22-19(24)20-16-11-5-7-12-6-1-2-8-13(12)16/h1-11H,(H2,20,21,22,23,24). The van der Waals surface area contributed by atoms with E-state index in [-0.39, 0.29) is 5.91 Å². The van der Waals surface area contributed by atoms with E-state index >= 15 is 0 Å². The number of hydrogen-bond donors (Lipinski definition) is 2. The zero-order valence-electron chi connectivity index (χ0n) is 12.6. The SMILES string of the molecule is O=C1NC(=NC(=S)Nc2cccc3ccccc23)c2ccccc21. The van der Waals surface area contributed by atoms with Crippen LogP contribution in [0.15, 0.2) is 71.7 Å². The maximum atomic E-state index is 11.9. The first kappa shape index (κ1) is 14.5. The van der Waals surface area contributed by atoms with E-state index in [4.69, 9.17) is 12.2 Å². The van der Waals surface area contributed by atoms with Gasteiger partial charge in [-0.05, 0) is 29.7 Å². The van der Waals surface area contributed by atoms with Crippen LogP contribution in [0, 0.1) is 0 Å². The molecule has 0 spiro atoms. The van der Waals surface area contributed by atoms with Gasteiger partial charge < -0.3 is 10.6 Å². The highest BCUT2D eigenvalue weighted by atomic mass is 32.1. The predicted octanol–water partition coefficient (Wildman–Crippen LogP) is 3.73. The van der Waals surface area contributed by atoms with Crippen LogP contribution in [-0.4, -0.2) is 16.9 Å². The zero-order chi connectivity index (χ0) is 16.5. The van der Waals surface area contributed by atoms with Gasteiger partial charge in [0.25, 0.3) is 5.91 Å². The lowest BCUT2D eigenvalue weighted by Crippen LogP contribution is -2.23. The van der Waals surface area contributed by atoms with Crippen molar-refractivity contribution in [1.29, 1.82) is 0 Å². The van der Waals surface area contributed by atoms with Crippen molar-refractivity contribution >= 4 is 45.5 Å². The summed E-state index contributed by atoms with van der Waals surface area (Å²) in [6.07, 6.45) is 0. The lowest BCUT2D eigenvalue weighted by Gasteiger charge is -2.08. The molecule has 0 bridgehead atoms. The van der Waals surface area contributed by atoms with Crippen molar-refractivity contribution in [3.8, 4) is 0 Å². The summed E-state index contributed by atoms with van der Waals surface area (Å²) in [5.74, 6) is 0.325. The molecule has 5 heteroatoms. The Morgan fingerprint density at radius 1 is 0.917 bits per heavy atom. The third-order valence-corrected chi connectivity index (χ3v) is 4.10. The summed E-state index contributed by atoms with van der Waals surface area (Å²) in [7, 11) is 0. The number of nitrogens with zero attached hydrogens (tertiary/aromatic N) is 1. The number of fused-ring (bicyclic) bond motifs is 2. The second kappa shape index (κ2) is 5.86. The van der Waals surface area contributed by atoms with Gasteiger partial charge in [-0.3, -0.25) is 4.79 Å². The average molecular weight is 331 g/mol. The largest absolute Gasteiger partial charge is 0.330 e. The minimum absolute atomic E-state index is 0.155. The van der Waals surface area contributed by atoms with E-state index in [1.165, 1.54) is 0 Å². The van der Waals surface area contributed by atoms with E-state index in [9.17, 15) is 4.79 Å². The fourth-order valence-electron chi connectivity index (χ4n) is 2.80. The quantitative estimate of drug-likeness (QED) is 0.668. The zero-order valence-corrected chi connectivity index (χ0v) is 13.4. The van der Waals surface area contributed by atoms with Crippen LogP contribution in [0.3, 0.4) is 0 Å². The molecular formula is C19H13N3OS. The molecule has 0 unspecified atom stereocenters. The Morgan fingerprint density at radius 3 is 2.50 bits per heavy atom. The molecule has 116 valence electrons. The highest BCUT2D eigenvalue weighted by molar-refractivity contribution is 7.80. The maximum absolute atomic E-state index is 11.9. The molecule has 4 nitrogen and oxygen atoms in total. The number of nitrogens with one attached hydrogen (secondary N) is 2. The third-order valence-electron chi connectivity index (χ3n) is 3.90. The van der Waals surface area contributed by atoms with E-state index in [2.05, 4.69) is 15.6 Å². The van der Waals surface area contributed by atoms with Crippen molar-refractivity contribution in [2.24, 2.45) is 4.99 Å². The first-order valence-electron chi connectivity index (χ1n) is 7.50. The Kier molecular flexibility index (Phi) is 3.55. The molecule has 1 aliphatic rings. The van der Waals surface area contributed by atoms with E-state index in [0.29, 0.717) is 16.5 Å². The number of benzene rings is 3. The number of anilines is 1. The topological polar surface area (TPSA) is 53.5 Å². The monoisotopic (exact) mass is 331 g/mol. The number of aliphatic imine (C=N–C) groups is 1. The molecule has 0 atom stereocenters. The lowest BCUT2D eigenvalue weighted by atomic mass is 10.1. The van der Waals surface area contributed by atoms with Crippen LogP contribution in [0.2, 0.25) is 0 Å². The molecule has 3 aromatic rings. The third kappa shape index (κ3) is 2.55. The Hall–Kier alpha value is -3.05. The first-order chi connectivity index (χ1) is 11.7. The first-order valence-corrected chi connectivity index (χ1v) is 7.91. The van der Waals surface area contributed by atoms with Gasteiger partial charge in [0.2, 0.25) is 0 Å². The summed E-state index contributed by atoms with van der Waals surface area (Å²) in [6, 6.07) is 21.3. The van der Waals surface area contributed by atoms with Gasteiger partial charge in [0.15, 0.2) is 5.11 Å². The van der Waals surface area contributed by atoms with Crippen molar-refractivity contribution in [1.82, 2.24) is 5.32 Å². The van der Waals surface area contributed by atoms with Gasteiger partial charge in [-0.15, -0.1) is 0 Å². The lowest BCUT2D eigenvalue weighted by molar-refractivity contribution is 0.0983. The van der Waals surface area contributed by atoms with E-state index < -0.39 is 0 Å². The average Bonchev–Trinajstić information content (AvgIpc) is 2.91. The molecular weight excluding hydrogens is 318 g/mol. The maximum Gasteiger partial charge on any atom is 0.257 e. The molecule has 0 saturated heterocycles. The molecule has 0 radical (unpaired) electrons. The van der Waals surface area contributed by atoms with Crippen molar-refractivity contribution < 1.29 is 4.79 Å². The number of amides is 1. The highest BCUT2D eigenvalue weighted by Crippen LogP contribution is 2.23. The summed E-state index contributed by atoms with van der Waals surface area (Å²) in [4.78, 5) is 16.3. The van der Waals surface area contributed by atoms with Crippen molar-refractivity contribution in [2.45, 2.75) is 0 Å². The molecule has 0 aromatic heterocycles. The highest BCUT2D eigenvalue weighted by Gasteiger charge is 2.24. The summed E-state index contributed by atoms with van der Waals surface area (Å²) in [5, 5.41) is 8.40. The Balaban J connectivity index is 1.65. The van der Waals surface area contributed by atoms with Gasteiger partial charge in [0.05, 0.1) is 5.56 Å². The number of rotatable bonds is 1. The van der Waals surface area contributed by atoms with Gasteiger partial charge >= 0.3 is 0 Å². The Bertz CT molecular complexity index is 1000. The minimum Gasteiger partial charge on any atom is -0.330 e. The minimum atomic E-state index is -0.155. The molecule has 4 rings (SSSR count). The summed E-state index contributed by atoms with van der Waals surface area (Å²) >= 11 is 5.35. The van der Waals surface area contributed by atoms with Crippen LogP contribution < -0.4 is 10.6 Å². The van der Waals surface area contributed by atoms with Crippen molar-refractivity contribution in [3.05, 3.63) is 77.9 Å². The Labute approximate surface area is 144 Å². The van der Waals surface area contributed by atoms with Gasteiger partial charge in [-0.2, -0.15) is 0 Å². The van der Waals surface area contributed by atoms with Gasteiger partial charge in [-0.25, -0.2) is 4.99 Å². The molecule has 1 amide bonds. The van der Waals surface area contributed by atoms with Crippen LogP contribution in [0.4, 0.5) is 5.69 Å². The van der Waals surface area contributed by atoms with Gasteiger partial charge in [-0.1, -0.05) is 54.6 Å². The normalized spacial score (nSPS) is 14.5. The van der Waals surface area contributed by atoms with Gasteiger partial charge in [0.1, 0.15) is 5.84 Å². The van der Waals surface area contributed by atoms with Crippen LogP contribution >= 0.6 is 12.2 Å². The second-order valence-corrected chi connectivity index (χ2v) is 5.80. The predicted molar refractivity (Wildman–Crippen MR) is 101 cm³/mol. The molecule has 1 aliphatic heterocycles. The number of carbonyl (C=O) groups is 1. The molecule has 0 fully saturated rings. The summed E-state index contributed by atoms with van der Waals surface area (Å²) in [6.45, 7) is 0.